The lowest BCUT2D eigenvalue weighted by Gasteiger charge is -2.41. The van der Waals surface area contributed by atoms with Crippen LogP contribution in [0.5, 0.6) is 0 Å². The quantitative estimate of drug-likeness (QED) is 0.123. The smallest absolute Gasteiger partial charge is 0.251 e. The molecule has 1 aromatic heterocycles. The number of rotatable bonds is 1. The van der Waals surface area contributed by atoms with Crippen LogP contribution in [-0.4, -0.2) is 13.4 Å². The molecule has 0 bridgehead atoms. The molecule has 3 aliphatic heterocycles. The predicted octanol–water partition coefficient (Wildman–Crippen LogP) is 10.5. The zero-order valence-corrected chi connectivity index (χ0v) is 32.4. The summed E-state index contributed by atoms with van der Waals surface area (Å²) in [5, 5.41) is 16.7. The lowest BCUT2D eigenvalue weighted by atomic mass is 9.31. The number of anilines is 3. The third-order valence-corrected chi connectivity index (χ3v) is 14.3. The molecule has 3 aliphatic rings. The maximum Gasteiger partial charge on any atom is 0.251 e. The van der Waals surface area contributed by atoms with Gasteiger partial charge < -0.3 is 4.42 Å². The maximum atomic E-state index is 7.18. The van der Waals surface area contributed by atoms with Crippen molar-refractivity contribution in [2.24, 2.45) is 0 Å². The first-order chi connectivity index (χ1) is 29.8. The highest BCUT2D eigenvalue weighted by Crippen LogP contribution is 2.50. The number of para-hydroxylation sites is 2. The number of nitrogens with zero attached hydrogens (tertiary/aromatic N) is 1. The number of fused-ring (bicyclic) bond motifs is 22. The molecule has 60 heavy (non-hydrogen) atoms. The van der Waals surface area contributed by atoms with Gasteiger partial charge in [0.1, 0.15) is 5.58 Å². The molecule has 12 aromatic rings. The van der Waals surface area contributed by atoms with Gasteiger partial charge in [-0.3, -0.25) is 4.90 Å². The standard InChI is InChI=1S/C56H31B2NO/c1-2-15-32(16-3-1)57-46-26-14-27-47-55(46)59(56-53(57)41-25-12-13-28-50(41)60-56)49-31-44-39-23-9-6-19-35(39)36-20-10-11-24-40(36)51(44)52-45-29-42-37-21-7-4-17-33(37)34-18-5-8-22-38(34)43(42)30-48(45)58(47)54(49)52/h1-31H. The second kappa shape index (κ2) is 11.1. The monoisotopic (exact) mass is 755 g/mol. The largest absolute Gasteiger partial charge is 0.440 e. The molecule has 0 spiro atoms. The lowest BCUT2D eigenvalue weighted by Crippen LogP contribution is -2.63. The van der Waals surface area contributed by atoms with Crippen molar-refractivity contribution in [3.63, 3.8) is 0 Å². The average molecular weight is 755 g/mol. The van der Waals surface area contributed by atoms with E-state index in [0.29, 0.717) is 0 Å². The molecule has 11 aromatic carbocycles. The van der Waals surface area contributed by atoms with Crippen molar-refractivity contribution in [2.45, 2.75) is 0 Å². The van der Waals surface area contributed by atoms with Crippen molar-refractivity contribution in [3.05, 3.63) is 188 Å². The highest BCUT2D eigenvalue weighted by molar-refractivity contribution is 7.05. The topological polar surface area (TPSA) is 16.4 Å². The van der Waals surface area contributed by atoms with Gasteiger partial charge in [-0.25, -0.2) is 0 Å². The molecule has 15 rings (SSSR count). The molecule has 0 saturated heterocycles. The van der Waals surface area contributed by atoms with Gasteiger partial charge in [-0.2, -0.15) is 0 Å². The molecule has 2 nitrogen and oxygen atoms in total. The van der Waals surface area contributed by atoms with Crippen LogP contribution < -0.4 is 37.7 Å². The number of hydrogen-bond acceptors (Lipinski definition) is 2. The molecule has 0 amide bonds. The Labute approximate surface area is 346 Å². The van der Waals surface area contributed by atoms with E-state index < -0.39 is 0 Å². The van der Waals surface area contributed by atoms with Gasteiger partial charge in [0.25, 0.3) is 6.71 Å². The van der Waals surface area contributed by atoms with Crippen molar-refractivity contribution >= 4 is 139 Å². The fraction of sp³-hybridized carbons (Fsp3) is 0. The maximum absolute atomic E-state index is 7.18. The number of furan rings is 1. The second-order valence-electron chi connectivity index (χ2n) is 17.0. The summed E-state index contributed by atoms with van der Waals surface area (Å²) in [5.74, 6) is 0.924. The fourth-order valence-corrected chi connectivity index (χ4v) is 12.0. The zero-order valence-electron chi connectivity index (χ0n) is 32.4. The first-order valence-corrected chi connectivity index (χ1v) is 21.1. The molecular weight excluding hydrogens is 724 g/mol. The molecule has 4 heterocycles. The van der Waals surface area contributed by atoms with Crippen LogP contribution in [0.2, 0.25) is 0 Å². The normalized spacial score (nSPS) is 13.6. The van der Waals surface area contributed by atoms with E-state index in [4.69, 9.17) is 4.42 Å². The molecule has 272 valence electrons. The molecule has 4 heteroatoms. The third-order valence-electron chi connectivity index (χ3n) is 14.3. The van der Waals surface area contributed by atoms with Gasteiger partial charge >= 0.3 is 0 Å². The van der Waals surface area contributed by atoms with E-state index in [9.17, 15) is 0 Å². The summed E-state index contributed by atoms with van der Waals surface area (Å²) in [4.78, 5) is 2.52. The van der Waals surface area contributed by atoms with Crippen LogP contribution in [0.1, 0.15) is 0 Å². The average Bonchev–Trinajstić information content (AvgIpc) is 3.86. The molecule has 0 aliphatic carbocycles. The Balaban J connectivity index is 1.18. The Morgan fingerprint density at radius 2 is 0.883 bits per heavy atom. The molecule has 0 fully saturated rings. The van der Waals surface area contributed by atoms with Gasteiger partial charge in [-0.15, -0.1) is 0 Å². The number of hydrogen-bond donors (Lipinski definition) is 0. The number of benzene rings is 11. The van der Waals surface area contributed by atoms with Crippen molar-refractivity contribution in [3.8, 4) is 11.1 Å². The van der Waals surface area contributed by atoms with E-state index >= 15 is 0 Å². The van der Waals surface area contributed by atoms with Gasteiger partial charge in [0.15, 0.2) is 0 Å². The Morgan fingerprint density at radius 3 is 1.55 bits per heavy atom. The summed E-state index contributed by atoms with van der Waals surface area (Å²) in [6, 6.07) is 70.5. The van der Waals surface area contributed by atoms with E-state index in [1.54, 1.807) is 0 Å². The molecule has 0 saturated carbocycles. The zero-order chi connectivity index (χ0) is 38.8. The third kappa shape index (κ3) is 3.75. The summed E-state index contributed by atoms with van der Waals surface area (Å²) in [5.41, 5.74) is 14.0. The van der Waals surface area contributed by atoms with E-state index in [0.717, 1.165) is 11.5 Å². The van der Waals surface area contributed by atoms with Gasteiger partial charge in [0, 0.05) is 22.2 Å². The van der Waals surface area contributed by atoms with Gasteiger partial charge in [-0.05, 0) is 110 Å². The van der Waals surface area contributed by atoms with Crippen LogP contribution in [0.3, 0.4) is 0 Å². The van der Waals surface area contributed by atoms with E-state index in [-0.39, 0.29) is 13.4 Å². The van der Waals surface area contributed by atoms with E-state index in [2.05, 4.69) is 193 Å². The minimum Gasteiger partial charge on any atom is -0.440 e. The second-order valence-corrected chi connectivity index (χ2v) is 17.0. The molecule has 0 atom stereocenters. The van der Waals surface area contributed by atoms with Crippen LogP contribution in [0.15, 0.2) is 192 Å². The predicted molar refractivity (Wildman–Crippen MR) is 257 cm³/mol. The summed E-state index contributed by atoms with van der Waals surface area (Å²) in [7, 11) is 0. The Bertz CT molecular complexity index is 3920. The van der Waals surface area contributed by atoms with Crippen molar-refractivity contribution in [1.82, 2.24) is 0 Å². The lowest BCUT2D eigenvalue weighted by molar-refractivity contribution is 0.623. The first-order valence-electron chi connectivity index (χ1n) is 21.1. The highest BCUT2D eigenvalue weighted by Gasteiger charge is 2.49. The minimum absolute atomic E-state index is 0.00934. The minimum atomic E-state index is 0.00934. The fourth-order valence-electron chi connectivity index (χ4n) is 12.0. The van der Waals surface area contributed by atoms with Crippen LogP contribution >= 0.6 is 0 Å². The molecule has 0 N–H and O–H groups in total. The summed E-state index contributed by atoms with van der Waals surface area (Å²) >= 11 is 0. The van der Waals surface area contributed by atoms with Crippen molar-refractivity contribution < 1.29 is 4.42 Å². The van der Waals surface area contributed by atoms with Crippen LogP contribution in [0.25, 0.3) is 86.7 Å². The van der Waals surface area contributed by atoms with E-state index in [1.807, 2.05) is 0 Å². The van der Waals surface area contributed by atoms with Gasteiger partial charge in [-0.1, -0.05) is 181 Å². The summed E-state index contributed by atoms with van der Waals surface area (Å²) < 4.78 is 7.18. The van der Waals surface area contributed by atoms with Crippen molar-refractivity contribution in [2.75, 3.05) is 4.90 Å². The molecule has 0 unspecified atom stereocenters. The van der Waals surface area contributed by atoms with Crippen LogP contribution in [0, 0.1) is 0 Å². The molecular formula is C56H31B2NO. The van der Waals surface area contributed by atoms with Gasteiger partial charge in [0.2, 0.25) is 12.6 Å². The van der Waals surface area contributed by atoms with E-state index in [1.165, 1.54) is 125 Å². The Morgan fingerprint density at radius 1 is 0.367 bits per heavy atom. The van der Waals surface area contributed by atoms with Crippen LogP contribution in [-0.2, 0) is 0 Å². The van der Waals surface area contributed by atoms with Crippen LogP contribution in [0.4, 0.5) is 17.3 Å². The first kappa shape index (κ1) is 31.4. The summed E-state index contributed by atoms with van der Waals surface area (Å²) in [6.45, 7) is 0.0397. The highest BCUT2D eigenvalue weighted by atomic mass is 16.4. The summed E-state index contributed by atoms with van der Waals surface area (Å²) in [6.07, 6.45) is 0. The Hall–Kier alpha value is -7.55. The molecule has 0 radical (unpaired) electrons. The van der Waals surface area contributed by atoms with Crippen molar-refractivity contribution in [1.29, 1.82) is 0 Å². The Kier molecular flexibility index (Phi) is 5.83. The van der Waals surface area contributed by atoms with Gasteiger partial charge in [0.05, 0.1) is 0 Å². The SMILES string of the molecule is c1ccc(B2c3cccc4c3N(c3cc5c6ccccc6c6ccccc6c5c5c3B4c3cc4c6ccccc6c6ccccc6c4cc3-5)c3oc4ccccc4c32)cc1.